The SMILES string of the molecule is Cn1cc(-c2nc3c4ccccc4ncn3n2)cn1. The lowest BCUT2D eigenvalue weighted by atomic mass is 10.2. The Balaban J connectivity index is 2.03. The fraction of sp³-hybridized carbons (Fsp3) is 0.0769. The zero-order chi connectivity index (χ0) is 12.8. The molecule has 4 rings (SSSR count). The lowest BCUT2D eigenvalue weighted by Gasteiger charge is -1.96. The van der Waals surface area contributed by atoms with E-state index in [2.05, 4.69) is 20.2 Å². The highest BCUT2D eigenvalue weighted by Gasteiger charge is 2.10. The van der Waals surface area contributed by atoms with Gasteiger partial charge in [0.05, 0.1) is 17.3 Å². The number of benzene rings is 1. The number of hydrogen-bond donors (Lipinski definition) is 0. The first-order valence-electron chi connectivity index (χ1n) is 5.90. The van der Waals surface area contributed by atoms with Crippen LogP contribution >= 0.6 is 0 Å². The molecule has 0 spiro atoms. The van der Waals surface area contributed by atoms with Crippen molar-refractivity contribution in [1.29, 1.82) is 0 Å². The van der Waals surface area contributed by atoms with Crippen LogP contribution in [0.5, 0.6) is 0 Å². The third-order valence-corrected chi connectivity index (χ3v) is 3.05. The standard InChI is InChI=1S/C13H10N6/c1-18-7-9(6-15-18)12-16-13-10-4-2-3-5-11(10)14-8-19(13)17-12/h2-8H,1H3. The van der Waals surface area contributed by atoms with E-state index in [1.54, 1.807) is 21.7 Å². The lowest BCUT2D eigenvalue weighted by Crippen LogP contribution is -1.90. The lowest BCUT2D eigenvalue weighted by molar-refractivity contribution is 0.768. The molecule has 1 aromatic carbocycles. The summed E-state index contributed by atoms with van der Waals surface area (Å²) in [5.41, 5.74) is 2.62. The van der Waals surface area contributed by atoms with E-state index in [0.29, 0.717) is 5.82 Å². The van der Waals surface area contributed by atoms with Crippen molar-refractivity contribution in [3.63, 3.8) is 0 Å². The van der Waals surface area contributed by atoms with Crippen molar-refractivity contribution < 1.29 is 0 Å². The van der Waals surface area contributed by atoms with Gasteiger partial charge in [-0.15, -0.1) is 5.10 Å². The maximum absolute atomic E-state index is 4.58. The Kier molecular flexibility index (Phi) is 1.94. The van der Waals surface area contributed by atoms with Gasteiger partial charge < -0.3 is 0 Å². The molecule has 0 fully saturated rings. The molecule has 0 unspecified atom stereocenters. The normalized spacial score (nSPS) is 11.4. The second-order valence-electron chi connectivity index (χ2n) is 4.37. The van der Waals surface area contributed by atoms with E-state index >= 15 is 0 Å². The van der Waals surface area contributed by atoms with Crippen molar-refractivity contribution in [2.24, 2.45) is 7.05 Å². The van der Waals surface area contributed by atoms with Crippen LogP contribution in [-0.2, 0) is 7.05 Å². The van der Waals surface area contributed by atoms with Crippen LogP contribution in [0.15, 0.2) is 43.0 Å². The highest BCUT2D eigenvalue weighted by atomic mass is 15.3. The first kappa shape index (κ1) is 10.2. The number of aromatic nitrogens is 6. The molecule has 6 nitrogen and oxygen atoms in total. The zero-order valence-corrected chi connectivity index (χ0v) is 10.2. The monoisotopic (exact) mass is 250 g/mol. The topological polar surface area (TPSA) is 60.9 Å². The van der Waals surface area contributed by atoms with Gasteiger partial charge in [0.1, 0.15) is 6.33 Å². The molecular weight excluding hydrogens is 240 g/mol. The fourth-order valence-electron chi connectivity index (χ4n) is 2.14. The zero-order valence-electron chi connectivity index (χ0n) is 10.2. The summed E-state index contributed by atoms with van der Waals surface area (Å²) in [5, 5.41) is 9.57. The molecule has 0 saturated heterocycles. The Hall–Kier alpha value is -2.76. The molecule has 0 amide bonds. The number of rotatable bonds is 1. The summed E-state index contributed by atoms with van der Waals surface area (Å²) in [4.78, 5) is 8.94. The van der Waals surface area contributed by atoms with Gasteiger partial charge in [-0.05, 0) is 12.1 Å². The highest BCUT2D eigenvalue weighted by molar-refractivity contribution is 5.91. The van der Waals surface area contributed by atoms with E-state index in [9.17, 15) is 0 Å². The molecule has 0 aliphatic heterocycles. The minimum absolute atomic E-state index is 0.659. The maximum atomic E-state index is 4.58. The van der Waals surface area contributed by atoms with E-state index in [-0.39, 0.29) is 0 Å². The molecule has 0 atom stereocenters. The van der Waals surface area contributed by atoms with Crippen molar-refractivity contribution >= 4 is 16.6 Å². The van der Waals surface area contributed by atoms with Gasteiger partial charge in [-0.2, -0.15) is 5.10 Å². The Morgan fingerprint density at radius 2 is 2.05 bits per heavy atom. The first-order chi connectivity index (χ1) is 9.31. The highest BCUT2D eigenvalue weighted by Crippen LogP contribution is 2.20. The predicted octanol–water partition coefficient (Wildman–Crippen LogP) is 1.68. The van der Waals surface area contributed by atoms with Gasteiger partial charge in [-0.25, -0.2) is 14.5 Å². The second-order valence-corrected chi connectivity index (χ2v) is 4.37. The molecule has 0 bridgehead atoms. The van der Waals surface area contributed by atoms with E-state index < -0.39 is 0 Å². The molecule has 0 aliphatic carbocycles. The van der Waals surface area contributed by atoms with Crippen molar-refractivity contribution in [2.75, 3.05) is 0 Å². The van der Waals surface area contributed by atoms with Crippen LogP contribution in [0.4, 0.5) is 0 Å². The molecule has 6 heteroatoms. The average molecular weight is 250 g/mol. The Morgan fingerprint density at radius 1 is 1.16 bits per heavy atom. The number of nitrogens with zero attached hydrogens (tertiary/aromatic N) is 6. The van der Waals surface area contributed by atoms with Crippen LogP contribution < -0.4 is 0 Å². The summed E-state index contributed by atoms with van der Waals surface area (Å²) in [5.74, 6) is 0.659. The summed E-state index contributed by atoms with van der Waals surface area (Å²) in [6, 6.07) is 7.90. The second kappa shape index (κ2) is 3.61. The molecule has 4 aromatic rings. The number of para-hydroxylation sites is 1. The van der Waals surface area contributed by atoms with Crippen LogP contribution in [0.1, 0.15) is 0 Å². The summed E-state index contributed by atoms with van der Waals surface area (Å²) in [6.45, 7) is 0. The predicted molar refractivity (Wildman–Crippen MR) is 70.5 cm³/mol. The molecule has 3 heterocycles. The number of fused-ring (bicyclic) bond motifs is 3. The quantitative estimate of drug-likeness (QED) is 0.515. The van der Waals surface area contributed by atoms with E-state index in [1.807, 2.05) is 37.5 Å². The van der Waals surface area contributed by atoms with Gasteiger partial charge in [0.15, 0.2) is 11.5 Å². The minimum atomic E-state index is 0.659. The number of hydrogen-bond acceptors (Lipinski definition) is 4. The van der Waals surface area contributed by atoms with Crippen LogP contribution in [0.2, 0.25) is 0 Å². The molecule has 3 aromatic heterocycles. The molecular formula is C13H10N6. The number of aryl methyl sites for hydroxylation is 1. The smallest absolute Gasteiger partial charge is 0.185 e. The van der Waals surface area contributed by atoms with Crippen LogP contribution in [0.25, 0.3) is 27.9 Å². The molecule has 0 saturated carbocycles. The molecule has 0 aliphatic rings. The largest absolute Gasteiger partial charge is 0.275 e. The Bertz CT molecular complexity index is 888. The summed E-state index contributed by atoms with van der Waals surface area (Å²) < 4.78 is 3.43. The van der Waals surface area contributed by atoms with E-state index in [1.165, 1.54) is 0 Å². The molecule has 0 radical (unpaired) electrons. The minimum Gasteiger partial charge on any atom is -0.275 e. The van der Waals surface area contributed by atoms with Crippen molar-refractivity contribution in [3.8, 4) is 11.4 Å². The molecule has 19 heavy (non-hydrogen) atoms. The molecule has 92 valence electrons. The summed E-state index contributed by atoms with van der Waals surface area (Å²) in [7, 11) is 1.87. The summed E-state index contributed by atoms with van der Waals surface area (Å²) >= 11 is 0. The maximum Gasteiger partial charge on any atom is 0.185 e. The summed E-state index contributed by atoms with van der Waals surface area (Å²) in [6.07, 6.45) is 5.33. The fourth-order valence-corrected chi connectivity index (χ4v) is 2.14. The van der Waals surface area contributed by atoms with Crippen molar-refractivity contribution in [2.45, 2.75) is 0 Å². The first-order valence-corrected chi connectivity index (χ1v) is 5.90. The van der Waals surface area contributed by atoms with Crippen LogP contribution in [0, 0.1) is 0 Å². The average Bonchev–Trinajstić information content (AvgIpc) is 3.04. The van der Waals surface area contributed by atoms with Gasteiger partial charge in [-0.1, -0.05) is 12.1 Å². The van der Waals surface area contributed by atoms with Gasteiger partial charge in [0.2, 0.25) is 0 Å². The van der Waals surface area contributed by atoms with Crippen LogP contribution in [0.3, 0.4) is 0 Å². The third-order valence-electron chi connectivity index (χ3n) is 3.05. The van der Waals surface area contributed by atoms with Crippen LogP contribution in [-0.4, -0.2) is 29.4 Å². The van der Waals surface area contributed by atoms with E-state index in [4.69, 9.17) is 0 Å². The third kappa shape index (κ3) is 1.50. The van der Waals surface area contributed by atoms with Gasteiger partial charge in [0.25, 0.3) is 0 Å². The van der Waals surface area contributed by atoms with Gasteiger partial charge >= 0.3 is 0 Å². The van der Waals surface area contributed by atoms with E-state index in [0.717, 1.165) is 22.1 Å². The van der Waals surface area contributed by atoms with Gasteiger partial charge in [-0.3, -0.25) is 4.68 Å². The van der Waals surface area contributed by atoms with Crippen molar-refractivity contribution in [3.05, 3.63) is 43.0 Å². The van der Waals surface area contributed by atoms with Gasteiger partial charge in [0, 0.05) is 18.6 Å². The Morgan fingerprint density at radius 3 is 2.89 bits per heavy atom. The molecule has 0 N–H and O–H groups in total. The van der Waals surface area contributed by atoms with Crippen molar-refractivity contribution in [1.82, 2.24) is 29.4 Å². The Labute approximate surface area is 108 Å².